The van der Waals surface area contributed by atoms with Crippen molar-refractivity contribution in [1.82, 2.24) is 4.90 Å². The summed E-state index contributed by atoms with van der Waals surface area (Å²) in [6.45, 7) is 7.23. The molecule has 0 atom stereocenters. The molecular weight excluding hydrogens is 579 g/mol. The summed E-state index contributed by atoms with van der Waals surface area (Å²) in [5.41, 5.74) is 1.28. The minimum absolute atomic E-state index is 0. The summed E-state index contributed by atoms with van der Waals surface area (Å²) in [4.78, 5) is 27.1. The van der Waals surface area contributed by atoms with Crippen LogP contribution in [-0.2, 0) is 18.4 Å². The maximum atomic E-state index is 13.4. The van der Waals surface area contributed by atoms with Gasteiger partial charge in [0.1, 0.15) is 13.6 Å². The average molecular weight is 625 g/mol. The molecule has 0 unspecified atom stereocenters. The van der Waals surface area contributed by atoms with Crippen LogP contribution in [0.15, 0.2) is 42.6 Å². The number of hydrogen-bond acceptors (Lipinski definition) is 4. The third kappa shape index (κ3) is 11.8. The van der Waals surface area contributed by atoms with E-state index in [2.05, 4.69) is 13.8 Å². The number of aryl methyl sites for hydroxylation is 1. The van der Waals surface area contributed by atoms with Gasteiger partial charge in [0, 0.05) is 24.6 Å². The molecule has 206 valence electrons. The van der Waals surface area contributed by atoms with Crippen LogP contribution < -0.4 is 38.0 Å². The highest BCUT2D eigenvalue weighted by Gasteiger charge is 2.24. The Balaban J connectivity index is 0.00000684. The quantitative estimate of drug-likeness (QED) is 0.154. The van der Waals surface area contributed by atoms with Crippen LogP contribution in [0.5, 0.6) is 11.5 Å². The lowest BCUT2D eigenvalue weighted by Crippen LogP contribution is -3.00. The average Bonchev–Trinajstić information content (AvgIpc) is 2.87. The summed E-state index contributed by atoms with van der Waals surface area (Å²) in [7, 11) is 1.90. The molecule has 1 heterocycles. The fourth-order valence-corrected chi connectivity index (χ4v) is 4.02. The smallest absolute Gasteiger partial charge is 0.261 e. The van der Waals surface area contributed by atoms with Crippen molar-refractivity contribution in [2.75, 3.05) is 13.2 Å². The number of halogens is 1. The number of unbranched alkanes of at least 4 members (excludes halogenated alkanes) is 8. The molecule has 0 bridgehead atoms. The summed E-state index contributed by atoms with van der Waals surface area (Å²) in [6, 6.07) is 11.0. The molecule has 0 saturated heterocycles. The normalized spacial score (nSPS) is 10.5. The van der Waals surface area contributed by atoms with E-state index < -0.39 is 0 Å². The second kappa shape index (κ2) is 19.0. The van der Waals surface area contributed by atoms with Gasteiger partial charge in [-0.3, -0.25) is 14.5 Å². The number of benzene rings is 1. The van der Waals surface area contributed by atoms with Gasteiger partial charge in [-0.1, -0.05) is 71.3 Å². The molecule has 2 amide bonds. The molecule has 0 aliphatic rings. The fraction of sp³-hybridized carbons (Fsp3) is 0.567. The van der Waals surface area contributed by atoms with E-state index in [0.29, 0.717) is 30.3 Å². The molecule has 1 aromatic heterocycles. The molecule has 0 saturated carbocycles. The maximum Gasteiger partial charge on any atom is 0.261 e. The van der Waals surface area contributed by atoms with E-state index in [9.17, 15) is 9.59 Å². The number of rotatable bonds is 17. The zero-order chi connectivity index (χ0) is 26.2. The molecule has 6 nitrogen and oxygen atoms in total. The van der Waals surface area contributed by atoms with Crippen molar-refractivity contribution in [2.45, 2.75) is 91.5 Å². The number of aromatic nitrogens is 1. The van der Waals surface area contributed by atoms with Gasteiger partial charge in [0.25, 0.3) is 5.91 Å². The Morgan fingerprint density at radius 1 is 0.811 bits per heavy atom. The summed E-state index contributed by atoms with van der Waals surface area (Å²) >= 11 is 0. The van der Waals surface area contributed by atoms with E-state index in [0.717, 1.165) is 31.4 Å². The van der Waals surface area contributed by atoms with Crippen molar-refractivity contribution in [3.63, 3.8) is 0 Å². The van der Waals surface area contributed by atoms with E-state index in [-0.39, 0.29) is 42.3 Å². The molecule has 37 heavy (non-hydrogen) atoms. The van der Waals surface area contributed by atoms with Gasteiger partial charge < -0.3 is 33.5 Å². The molecule has 7 heteroatoms. The summed E-state index contributed by atoms with van der Waals surface area (Å²) in [5.74, 6) is 0.581. The number of carbonyl (C=O) groups is 2. The zero-order valence-corrected chi connectivity index (χ0v) is 25.3. The summed E-state index contributed by atoms with van der Waals surface area (Å²) in [5, 5.41) is 0. The lowest BCUT2D eigenvalue weighted by molar-refractivity contribution is -0.679. The van der Waals surface area contributed by atoms with Crippen LogP contribution in [0.25, 0.3) is 0 Å². The second-order valence-electron chi connectivity index (χ2n) is 9.40. The Hall–Kier alpha value is -2.16. The van der Waals surface area contributed by atoms with E-state index in [1.807, 2.05) is 36.0 Å². The first-order valence-corrected chi connectivity index (χ1v) is 13.6. The second-order valence-corrected chi connectivity index (χ2v) is 9.40. The third-order valence-corrected chi connectivity index (χ3v) is 6.31. The van der Waals surface area contributed by atoms with Crippen molar-refractivity contribution in [1.29, 1.82) is 0 Å². The number of pyridine rings is 1. The highest BCUT2D eigenvalue weighted by Crippen LogP contribution is 2.30. The van der Waals surface area contributed by atoms with E-state index in [1.165, 1.54) is 50.3 Å². The standard InChI is InChI=1S/C30H45N2O4.HI/c1-5-7-9-11-15-21-35-28-19-18-26(23-29(28)36-22-16-12-10-8-6-2)30(34)32(25(3)33)24-27-17-13-14-20-31(27)4;/h13-14,17-20,23H,5-12,15-16,21-22,24H2,1-4H3;1H/q+1;/p-1. The Morgan fingerprint density at radius 2 is 1.41 bits per heavy atom. The van der Waals surface area contributed by atoms with Crippen LogP contribution in [0, 0.1) is 0 Å². The topological polar surface area (TPSA) is 59.7 Å². The van der Waals surface area contributed by atoms with Crippen LogP contribution in [-0.4, -0.2) is 29.9 Å². The molecule has 2 aromatic rings. The fourth-order valence-electron chi connectivity index (χ4n) is 4.02. The minimum atomic E-state index is -0.342. The highest BCUT2D eigenvalue weighted by molar-refractivity contribution is 6.04. The Kier molecular flexibility index (Phi) is 16.9. The van der Waals surface area contributed by atoms with Crippen molar-refractivity contribution >= 4 is 11.8 Å². The number of imide groups is 1. The molecule has 0 N–H and O–H groups in total. The third-order valence-electron chi connectivity index (χ3n) is 6.31. The van der Waals surface area contributed by atoms with Gasteiger partial charge >= 0.3 is 0 Å². The molecule has 0 aliphatic heterocycles. The maximum absolute atomic E-state index is 13.4. The molecule has 0 fully saturated rings. The van der Waals surface area contributed by atoms with Gasteiger partial charge in [0.05, 0.1) is 13.2 Å². The monoisotopic (exact) mass is 624 g/mol. The van der Waals surface area contributed by atoms with Gasteiger partial charge in [0.2, 0.25) is 11.6 Å². The van der Waals surface area contributed by atoms with Crippen LogP contribution in [0.2, 0.25) is 0 Å². The molecule has 0 spiro atoms. The molecule has 2 rings (SSSR count). The van der Waals surface area contributed by atoms with Gasteiger partial charge in [0.15, 0.2) is 17.7 Å². The molecular formula is C30H45IN2O4. The SMILES string of the molecule is CCCCCCCOc1ccc(C(=O)N(Cc2cccc[n+]2C)C(C)=O)cc1OCCCCCCC.[I-]. The van der Waals surface area contributed by atoms with Crippen LogP contribution in [0.4, 0.5) is 0 Å². The number of carbonyl (C=O) groups excluding carboxylic acids is 2. The summed E-state index contributed by atoms with van der Waals surface area (Å²) < 4.78 is 14.1. The Morgan fingerprint density at radius 3 is 1.97 bits per heavy atom. The van der Waals surface area contributed by atoms with Gasteiger partial charge in [-0.2, -0.15) is 0 Å². The first kappa shape index (κ1) is 32.9. The molecule has 1 aromatic carbocycles. The van der Waals surface area contributed by atoms with Crippen LogP contribution in [0.3, 0.4) is 0 Å². The van der Waals surface area contributed by atoms with E-state index in [4.69, 9.17) is 9.47 Å². The largest absolute Gasteiger partial charge is 1.00 e. The van der Waals surface area contributed by atoms with Crippen molar-refractivity contribution in [3.8, 4) is 11.5 Å². The molecule has 0 radical (unpaired) electrons. The first-order chi connectivity index (χ1) is 17.5. The lowest BCUT2D eigenvalue weighted by Gasteiger charge is -2.19. The number of hydrogen-bond donors (Lipinski definition) is 0. The predicted octanol–water partition coefficient (Wildman–Crippen LogP) is 3.40. The van der Waals surface area contributed by atoms with E-state index in [1.54, 1.807) is 18.2 Å². The number of amides is 2. The molecule has 0 aliphatic carbocycles. The Labute approximate surface area is 240 Å². The van der Waals surface area contributed by atoms with Crippen molar-refractivity contribution < 1.29 is 47.6 Å². The first-order valence-electron chi connectivity index (χ1n) is 13.6. The van der Waals surface area contributed by atoms with Crippen molar-refractivity contribution in [3.05, 3.63) is 53.9 Å². The van der Waals surface area contributed by atoms with Crippen LogP contribution in [0.1, 0.15) is 101 Å². The van der Waals surface area contributed by atoms with Gasteiger partial charge in [-0.25, -0.2) is 4.57 Å². The predicted molar refractivity (Wildman–Crippen MR) is 143 cm³/mol. The summed E-state index contributed by atoms with van der Waals surface area (Å²) in [6.07, 6.45) is 13.4. The van der Waals surface area contributed by atoms with E-state index >= 15 is 0 Å². The van der Waals surface area contributed by atoms with Gasteiger partial charge in [-0.05, 0) is 31.0 Å². The number of ether oxygens (including phenoxy) is 2. The van der Waals surface area contributed by atoms with Crippen molar-refractivity contribution in [2.24, 2.45) is 7.05 Å². The lowest BCUT2D eigenvalue weighted by atomic mass is 10.1. The highest BCUT2D eigenvalue weighted by atomic mass is 127. The Bertz CT molecular complexity index is 951. The van der Waals surface area contributed by atoms with Gasteiger partial charge in [-0.15, -0.1) is 0 Å². The van der Waals surface area contributed by atoms with Crippen LogP contribution >= 0.6 is 0 Å². The minimum Gasteiger partial charge on any atom is -1.00 e. The number of nitrogens with zero attached hydrogens (tertiary/aromatic N) is 2. The zero-order valence-electron chi connectivity index (χ0n) is 23.1.